The molecule has 2 aromatic carbocycles. The van der Waals surface area contributed by atoms with Gasteiger partial charge in [-0.25, -0.2) is 0 Å². The Labute approximate surface area is 166 Å². The van der Waals surface area contributed by atoms with Crippen LogP contribution in [-0.4, -0.2) is 43.5 Å². The molecule has 0 fully saturated rings. The van der Waals surface area contributed by atoms with Crippen molar-refractivity contribution in [3.05, 3.63) is 59.7 Å². The Kier molecular flexibility index (Phi) is 7.87. The SMILES string of the molecule is CCC(C(=O)NC)N(Cc1cccc(OC)c1)C(=O)COc1ccc(C)cc1. The van der Waals surface area contributed by atoms with E-state index in [0.717, 1.165) is 11.1 Å². The molecule has 150 valence electrons. The summed E-state index contributed by atoms with van der Waals surface area (Å²) in [6, 6.07) is 14.4. The van der Waals surface area contributed by atoms with Crippen molar-refractivity contribution < 1.29 is 19.1 Å². The maximum atomic E-state index is 13.0. The van der Waals surface area contributed by atoms with E-state index in [9.17, 15) is 9.59 Å². The van der Waals surface area contributed by atoms with Gasteiger partial charge in [-0.1, -0.05) is 36.8 Å². The summed E-state index contributed by atoms with van der Waals surface area (Å²) in [4.78, 5) is 26.9. The summed E-state index contributed by atoms with van der Waals surface area (Å²) in [7, 11) is 3.17. The third kappa shape index (κ3) is 5.74. The van der Waals surface area contributed by atoms with Crippen LogP contribution < -0.4 is 14.8 Å². The smallest absolute Gasteiger partial charge is 0.261 e. The molecule has 0 aliphatic rings. The predicted octanol–water partition coefficient (Wildman–Crippen LogP) is 2.94. The molecule has 1 unspecified atom stereocenters. The van der Waals surface area contributed by atoms with E-state index in [1.54, 1.807) is 19.1 Å². The topological polar surface area (TPSA) is 67.9 Å². The van der Waals surface area contributed by atoms with Crippen molar-refractivity contribution in [2.75, 3.05) is 20.8 Å². The average Bonchev–Trinajstić information content (AvgIpc) is 2.72. The van der Waals surface area contributed by atoms with Gasteiger partial charge in [-0.2, -0.15) is 0 Å². The highest BCUT2D eigenvalue weighted by atomic mass is 16.5. The van der Waals surface area contributed by atoms with Crippen molar-refractivity contribution in [2.45, 2.75) is 32.9 Å². The second kappa shape index (κ2) is 10.3. The highest BCUT2D eigenvalue weighted by Gasteiger charge is 2.28. The van der Waals surface area contributed by atoms with E-state index in [4.69, 9.17) is 9.47 Å². The Morgan fingerprint density at radius 1 is 1.11 bits per heavy atom. The zero-order valence-electron chi connectivity index (χ0n) is 16.9. The van der Waals surface area contributed by atoms with E-state index in [2.05, 4.69) is 5.32 Å². The first-order valence-electron chi connectivity index (χ1n) is 9.32. The Morgan fingerprint density at radius 2 is 1.82 bits per heavy atom. The first-order chi connectivity index (χ1) is 13.5. The first-order valence-corrected chi connectivity index (χ1v) is 9.32. The van der Waals surface area contributed by atoms with Crippen molar-refractivity contribution >= 4 is 11.8 Å². The van der Waals surface area contributed by atoms with E-state index in [1.165, 1.54) is 0 Å². The van der Waals surface area contributed by atoms with Gasteiger partial charge in [-0.15, -0.1) is 0 Å². The molecule has 0 radical (unpaired) electrons. The molecule has 28 heavy (non-hydrogen) atoms. The van der Waals surface area contributed by atoms with Gasteiger partial charge < -0.3 is 19.7 Å². The molecule has 0 aromatic heterocycles. The molecular formula is C22H28N2O4. The summed E-state index contributed by atoms with van der Waals surface area (Å²) in [5.41, 5.74) is 1.99. The van der Waals surface area contributed by atoms with Crippen LogP contribution in [0.2, 0.25) is 0 Å². The standard InChI is InChI=1S/C22H28N2O4/c1-5-20(22(26)23-3)24(14-17-7-6-8-19(13-17)27-4)21(25)15-28-18-11-9-16(2)10-12-18/h6-13,20H,5,14-15H2,1-4H3,(H,23,26). The zero-order valence-corrected chi connectivity index (χ0v) is 16.9. The van der Waals surface area contributed by atoms with E-state index in [-0.39, 0.29) is 18.4 Å². The van der Waals surface area contributed by atoms with Crippen LogP contribution in [0.4, 0.5) is 0 Å². The molecule has 0 heterocycles. The summed E-state index contributed by atoms with van der Waals surface area (Å²) in [5.74, 6) is 0.870. The lowest BCUT2D eigenvalue weighted by Gasteiger charge is -2.30. The minimum Gasteiger partial charge on any atom is -0.497 e. The van der Waals surface area contributed by atoms with Crippen molar-refractivity contribution in [3.8, 4) is 11.5 Å². The van der Waals surface area contributed by atoms with Crippen molar-refractivity contribution in [1.82, 2.24) is 10.2 Å². The fourth-order valence-corrected chi connectivity index (χ4v) is 2.92. The monoisotopic (exact) mass is 384 g/mol. The maximum absolute atomic E-state index is 13.0. The van der Waals surface area contributed by atoms with Gasteiger partial charge in [0.05, 0.1) is 7.11 Å². The fourth-order valence-electron chi connectivity index (χ4n) is 2.92. The molecule has 0 aliphatic carbocycles. The summed E-state index contributed by atoms with van der Waals surface area (Å²) in [5, 5.41) is 2.64. The Morgan fingerprint density at radius 3 is 2.43 bits per heavy atom. The quantitative estimate of drug-likeness (QED) is 0.722. The first kappa shape index (κ1) is 21.3. The molecule has 6 nitrogen and oxygen atoms in total. The number of ether oxygens (including phenoxy) is 2. The number of aryl methyl sites for hydroxylation is 1. The summed E-state index contributed by atoms with van der Waals surface area (Å²) >= 11 is 0. The van der Waals surface area contributed by atoms with Gasteiger partial charge in [0.2, 0.25) is 5.91 Å². The zero-order chi connectivity index (χ0) is 20.5. The molecule has 2 rings (SSSR count). The summed E-state index contributed by atoms with van der Waals surface area (Å²) in [6.45, 7) is 4.02. The van der Waals surface area contributed by atoms with Crippen molar-refractivity contribution in [2.24, 2.45) is 0 Å². The fraction of sp³-hybridized carbons (Fsp3) is 0.364. The minimum absolute atomic E-state index is 0.138. The Bertz CT molecular complexity index is 789. The number of nitrogens with zero attached hydrogens (tertiary/aromatic N) is 1. The lowest BCUT2D eigenvalue weighted by atomic mass is 10.1. The molecule has 2 aromatic rings. The molecule has 6 heteroatoms. The number of nitrogens with one attached hydrogen (secondary N) is 1. The van der Waals surface area contributed by atoms with Gasteiger partial charge in [-0.05, 0) is 43.2 Å². The van der Waals surface area contributed by atoms with Gasteiger partial charge in [0.1, 0.15) is 17.5 Å². The highest BCUT2D eigenvalue weighted by Crippen LogP contribution is 2.18. The molecule has 0 spiro atoms. The highest BCUT2D eigenvalue weighted by molar-refractivity contribution is 5.88. The number of carbonyl (C=O) groups excluding carboxylic acids is 2. The molecule has 1 atom stereocenters. The number of rotatable bonds is 9. The van der Waals surface area contributed by atoms with E-state index in [0.29, 0.717) is 24.5 Å². The third-order valence-electron chi connectivity index (χ3n) is 4.50. The van der Waals surface area contributed by atoms with Gasteiger partial charge in [-0.3, -0.25) is 9.59 Å². The number of amides is 2. The minimum atomic E-state index is -0.578. The molecule has 0 saturated carbocycles. The second-order valence-corrected chi connectivity index (χ2v) is 6.51. The summed E-state index contributed by atoms with van der Waals surface area (Å²) < 4.78 is 10.9. The lowest BCUT2D eigenvalue weighted by Crippen LogP contribution is -2.49. The van der Waals surface area contributed by atoms with Crippen LogP contribution in [0.3, 0.4) is 0 Å². The molecule has 1 N–H and O–H groups in total. The van der Waals surface area contributed by atoms with E-state index >= 15 is 0 Å². The average molecular weight is 384 g/mol. The number of carbonyl (C=O) groups is 2. The molecule has 2 amide bonds. The maximum Gasteiger partial charge on any atom is 0.261 e. The molecule has 0 bridgehead atoms. The Balaban J connectivity index is 2.19. The van der Waals surface area contributed by atoms with Crippen LogP contribution >= 0.6 is 0 Å². The van der Waals surface area contributed by atoms with Crippen LogP contribution in [0.25, 0.3) is 0 Å². The van der Waals surface area contributed by atoms with Crippen molar-refractivity contribution in [1.29, 1.82) is 0 Å². The third-order valence-corrected chi connectivity index (χ3v) is 4.50. The van der Waals surface area contributed by atoms with E-state index in [1.807, 2.05) is 62.4 Å². The number of likely N-dealkylation sites (N-methyl/N-ethyl adjacent to an activating group) is 1. The van der Waals surface area contributed by atoms with Crippen LogP contribution in [-0.2, 0) is 16.1 Å². The van der Waals surface area contributed by atoms with Crippen LogP contribution in [0.1, 0.15) is 24.5 Å². The van der Waals surface area contributed by atoms with E-state index < -0.39 is 6.04 Å². The number of methoxy groups -OCH3 is 1. The van der Waals surface area contributed by atoms with Crippen LogP contribution in [0.5, 0.6) is 11.5 Å². The predicted molar refractivity (Wildman–Crippen MR) is 108 cm³/mol. The van der Waals surface area contributed by atoms with Gasteiger partial charge in [0.25, 0.3) is 5.91 Å². The van der Waals surface area contributed by atoms with Crippen LogP contribution in [0, 0.1) is 6.92 Å². The summed E-state index contributed by atoms with van der Waals surface area (Å²) in [6.07, 6.45) is 0.500. The van der Waals surface area contributed by atoms with Gasteiger partial charge in [0.15, 0.2) is 6.61 Å². The molecule has 0 saturated heterocycles. The second-order valence-electron chi connectivity index (χ2n) is 6.51. The Hall–Kier alpha value is -3.02. The van der Waals surface area contributed by atoms with Gasteiger partial charge in [0, 0.05) is 13.6 Å². The number of benzene rings is 2. The van der Waals surface area contributed by atoms with Gasteiger partial charge >= 0.3 is 0 Å². The normalized spacial score (nSPS) is 11.4. The molecular weight excluding hydrogens is 356 g/mol. The number of hydrogen-bond acceptors (Lipinski definition) is 4. The van der Waals surface area contributed by atoms with Crippen molar-refractivity contribution in [3.63, 3.8) is 0 Å². The van der Waals surface area contributed by atoms with Crippen LogP contribution in [0.15, 0.2) is 48.5 Å². The molecule has 0 aliphatic heterocycles. The largest absolute Gasteiger partial charge is 0.497 e. The number of hydrogen-bond donors (Lipinski definition) is 1. The lowest BCUT2D eigenvalue weighted by molar-refractivity contribution is -0.142.